The van der Waals surface area contributed by atoms with Crippen molar-refractivity contribution in [3.8, 4) is 11.5 Å². The molecule has 0 bridgehead atoms. The highest BCUT2D eigenvalue weighted by Gasteiger charge is 2.09. The Balaban J connectivity index is 1.69. The number of carbonyl (C=O) groups is 1. The predicted molar refractivity (Wildman–Crippen MR) is 92.1 cm³/mol. The molecule has 0 saturated carbocycles. The predicted octanol–water partition coefficient (Wildman–Crippen LogP) is 3.90. The monoisotopic (exact) mass is 342 g/mol. The fourth-order valence-corrected chi connectivity index (χ4v) is 2.32. The van der Waals surface area contributed by atoms with E-state index in [9.17, 15) is 4.79 Å². The highest BCUT2D eigenvalue weighted by molar-refractivity contribution is 5.85. The second-order valence-corrected chi connectivity index (χ2v) is 5.32. The zero-order chi connectivity index (χ0) is 17.8. The molecule has 0 aliphatic rings. The van der Waals surface area contributed by atoms with Gasteiger partial charge in [0.25, 0.3) is 0 Å². The second kappa shape index (κ2) is 7.12. The molecule has 7 heteroatoms. The van der Waals surface area contributed by atoms with Gasteiger partial charge in [0, 0.05) is 11.8 Å². The number of nitrogens with one attached hydrogen (secondary N) is 1. The van der Waals surface area contributed by atoms with Crippen LogP contribution in [-0.2, 0) is 11.3 Å². The summed E-state index contributed by atoms with van der Waals surface area (Å²) < 4.78 is 21.1. The SMILES string of the molecule is COC(=O)Nc1ccc(OCc2nc3cc(OC)ccc3o2)cc1C. The number of fused-ring (bicyclic) bond motifs is 1. The Kier molecular flexibility index (Phi) is 4.74. The molecule has 1 aromatic heterocycles. The summed E-state index contributed by atoms with van der Waals surface area (Å²) >= 11 is 0. The van der Waals surface area contributed by atoms with Gasteiger partial charge in [-0.3, -0.25) is 5.32 Å². The smallest absolute Gasteiger partial charge is 0.411 e. The van der Waals surface area contributed by atoms with Crippen LogP contribution in [0.4, 0.5) is 10.5 Å². The third kappa shape index (κ3) is 3.82. The molecule has 0 radical (unpaired) electrons. The lowest BCUT2D eigenvalue weighted by Crippen LogP contribution is -2.11. The van der Waals surface area contributed by atoms with Crippen LogP contribution >= 0.6 is 0 Å². The molecule has 2 aromatic carbocycles. The largest absolute Gasteiger partial charge is 0.497 e. The average molecular weight is 342 g/mol. The van der Waals surface area contributed by atoms with Crippen LogP contribution in [0.5, 0.6) is 11.5 Å². The third-order valence-corrected chi connectivity index (χ3v) is 3.62. The molecule has 0 atom stereocenters. The quantitative estimate of drug-likeness (QED) is 0.757. The van der Waals surface area contributed by atoms with Crippen molar-refractivity contribution in [1.29, 1.82) is 0 Å². The Hall–Kier alpha value is -3.22. The summed E-state index contributed by atoms with van der Waals surface area (Å²) in [6, 6.07) is 10.7. The summed E-state index contributed by atoms with van der Waals surface area (Å²) in [5, 5.41) is 2.63. The van der Waals surface area contributed by atoms with E-state index in [1.807, 2.05) is 25.1 Å². The highest BCUT2D eigenvalue weighted by Crippen LogP contribution is 2.24. The number of amides is 1. The van der Waals surface area contributed by atoms with Crippen LogP contribution in [0.2, 0.25) is 0 Å². The molecule has 0 unspecified atom stereocenters. The molecule has 3 rings (SSSR count). The van der Waals surface area contributed by atoms with Crippen molar-refractivity contribution in [3.63, 3.8) is 0 Å². The minimum Gasteiger partial charge on any atom is -0.497 e. The Labute approximate surface area is 144 Å². The van der Waals surface area contributed by atoms with Crippen LogP contribution in [0.1, 0.15) is 11.5 Å². The molecule has 0 aliphatic heterocycles. The van der Waals surface area contributed by atoms with E-state index in [0.717, 1.165) is 11.3 Å². The maximum absolute atomic E-state index is 11.3. The number of rotatable bonds is 5. The van der Waals surface area contributed by atoms with E-state index < -0.39 is 6.09 Å². The fourth-order valence-electron chi connectivity index (χ4n) is 2.32. The normalized spacial score (nSPS) is 10.5. The molecule has 1 amide bonds. The topological polar surface area (TPSA) is 82.8 Å². The van der Waals surface area contributed by atoms with Gasteiger partial charge < -0.3 is 18.6 Å². The molecule has 1 heterocycles. The highest BCUT2D eigenvalue weighted by atomic mass is 16.5. The van der Waals surface area contributed by atoms with Crippen LogP contribution in [0, 0.1) is 6.92 Å². The van der Waals surface area contributed by atoms with Crippen molar-refractivity contribution in [3.05, 3.63) is 47.9 Å². The van der Waals surface area contributed by atoms with Gasteiger partial charge in [-0.2, -0.15) is 0 Å². The lowest BCUT2D eigenvalue weighted by molar-refractivity contribution is 0.187. The van der Waals surface area contributed by atoms with E-state index in [-0.39, 0.29) is 6.61 Å². The first-order valence-electron chi connectivity index (χ1n) is 7.61. The van der Waals surface area contributed by atoms with Crippen LogP contribution in [-0.4, -0.2) is 25.3 Å². The number of oxazole rings is 1. The van der Waals surface area contributed by atoms with Gasteiger partial charge in [-0.25, -0.2) is 9.78 Å². The van der Waals surface area contributed by atoms with Gasteiger partial charge in [0.2, 0.25) is 5.89 Å². The lowest BCUT2D eigenvalue weighted by atomic mass is 10.2. The van der Waals surface area contributed by atoms with Crippen molar-refractivity contribution < 1.29 is 23.4 Å². The number of hydrogen-bond donors (Lipinski definition) is 1. The number of methoxy groups -OCH3 is 2. The Bertz CT molecular complexity index is 904. The maximum atomic E-state index is 11.3. The molecule has 0 aliphatic carbocycles. The summed E-state index contributed by atoms with van der Waals surface area (Å²) in [7, 11) is 2.92. The first-order chi connectivity index (χ1) is 12.1. The fraction of sp³-hybridized carbons (Fsp3) is 0.222. The Morgan fingerprint density at radius 1 is 1.16 bits per heavy atom. The van der Waals surface area contributed by atoms with Crippen molar-refractivity contribution >= 4 is 22.9 Å². The van der Waals surface area contributed by atoms with E-state index in [0.29, 0.717) is 28.4 Å². The number of hydrogen-bond acceptors (Lipinski definition) is 6. The van der Waals surface area contributed by atoms with Gasteiger partial charge in [-0.05, 0) is 42.8 Å². The zero-order valence-corrected chi connectivity index (χ0v) is 14.2. The van der Waals surface area contributed by atoms with E-state index in [1.54, 1.807) is 25.3 Å². The first-order valence-corrected chi connectivity index (χ1v) is 7.61. The molecule has 1 N–H and O–H groups in total. The van der Waals surface area contributed by atoms with Crippen LogP contribution in [0.3, 0.4) is 0 Å². The standard InChI is InChI=1S/C18H18N2O5/c1-11-8-13(4-6-14(11)20-18(21)23-3)24-10-17-19-15-9-12(22-2)5-7-16(15)25-17/h4-9H,10H2,1-3H3,(H,20,21). The summed E-state index contributed by atoms with van der Waals surface area (Å²) in [6.07, 6.45) is -0.515. The minimum absolute atomic E-state index is 0.195. The van der Waals surface area contributed by atoms with Crippen LogP contribution in [0.15, 0.2) is 40.8 Å². The summed E-state index contributed by atoms with van der Waals surface area (Å²) in [5.74, 6) is 1.84. The molecular formula is C18H18N2O5. The minimum atomic E-state index is -0.515. The summed E-state index contributed by atoms with van der Waals surface area (Å²) in [6.45, 7) is 2.06. The number of carbonyl (C=O) groups excluding carboxylic acids is 1. The summed E-state index contributed by atoms with van der Waals surface area (Å²) in [5.41, 5.74) is 2.90. The van der Waals surface area contributed by atoms with Crippen molar-refractivity contribution in [2.24, 2.45) is 0 Å². The number of aryl methyl sites for hydroxylation is 1. The molecular weight excluding hydrogens is 324 g/mol. The van der Waals surface area contributed by atoms with E-state index in [1.165, 1.54) is 7.11 Å². The second-order valence-electron chi connectivity index (χ2n) is 5.32. The van der Waals surface area contributed by atoms with Crippen molar-refractivity contribution in [1.82, 2.24) is 4.98 Å². The van der Waals surface area contributed by atoms with E-state index >= 15 is 0 Å². The van der Waals surface area contributed by atoms with Gasteiger partial charge in [0.1, 0.15) is 17.0 Å². The van der Waals surface area contributed by atoms with Crippen LogP contribution < -0.4 is 14.8 Å². The number of benzene rings is 2. The molecule has 25 heavy (non-hydrogen) atoms. The molecule has 0 fully saturated rings. The molecule has 0 saturated heterocycles. The van der Waals surface area contributed by atoms with Crippen molar-refractivity contribution in [2.75, 3.05) is 19.5 Å². The van der Waals surface area contributed by atoms with Crippen LogP contribution in [0.25, 0.3) is 11.1 Å². The molecule has 0 spiro atoms. The number of ether oxygens (including phenoxy) is 3. The number of aromatic nitrogens is 1. The number of nitrogens with zero attached hydrogens (tertiary/aromatic N) is 1. The van der Waals surface area contributed by atoms with Gasteiger partial charge in [-0.1, -0.05) is 0 Å². The number of anilines is 1. The molecule has 3 aromatic rings. The first kappa shape index (κ1) is 16.6. The lowest BCUT2D eigenvalue weighted by Gasteiger charge is -2.09. The average Bonchev–Trinajstić information content (AvgIpc) is 3.03. The van der Waals surface area contributed by atoms with Gasteiger partial charge >= 0.3 is 6.09 Å². The van der Waals surface area contributed by atoms with Gasteiger partial charge in [0.15, 0.2) is 12.2 Å². The van der Waals surface area contributed by atoms with Gasteiger partial charge in [0.05, 0.1) is 14.2 Å². The third-order valence-electron chi connectivity index (χ3n) is 3.62. The van der Waals surface area contributed by atoms with Gasteiger partial charge in [-0.15, -0.1) is 0 Å². The Morgan fingerprint density at radius 3 is 2.68 bits per heavy atom. The van der Waals surface area contributed by atoms with E-state index in [2.05, 4.69) is 15.0 Å². The Morgan fingerprint density at radius 2 is 1.96 bits per heavy atom. The molecule has 130 valence electrons. The summed E-state index contributed by atoms with van der Waals surface area (Å²) in [4.78, 5) is 15.6. The zero-order valence-electron chi connectivity index (χ0n) is 14.2. The maximum Gasteiger partial charge on any atom is 0.411 e. The van der Waals surface area contributed by atoms with E-state index in [4.69, 9.17) is 13.9 Å². The van der Waals surface area contributed by atoms with Crippen molar-refractivity contribution in [2.45, 2.75) is 13.5 Å². The molecule has 7 nitrogen and oxygen atoms in total.